The highest BCUT2D eigenvalue weighted by atomic mass is 35.5. The first-order valence-corrected chi connectivity index (χ1v) is 11.1. The number of esters is 1. The summed E-state index contributed by atoms with van der Waals surface area (Å²) in [7, 11) is 1.31. The zero-order valence-corrected chi connectivity index (χ0v) is 19.0. The highest BCUT2D eigenvalue weighted by Gasteiger charge is 2.42. The van der Waals surface area contributed by atoms with Crippen molar-refractivity contribution in [1.82, 2.24) is 4.90 Å². The number of nitrogens with zero attached hydrogens (tertiary/aromatic N) is 1. The monoisotopic (exact) mass is 473 g/mol. The van der Waals surface area contributed by atoms with E-state index in [0.717, 1.165) is 5.56 Å². The summed E-state index contributed by atoms with van der Waals surface area (Å²) in [5, 5.41) is 0.726. The molecular formula is C27H20ClNO5. The number of amides is 1. The molecular weight excluding hydrogens is 454 g/mol. The minimum atomic E-state index is -0.655. The van der Waals surface area contributed by atoms with Gasteiger partial charge in [-0.15, -0.1) is 0 Å². The van der Waals surface area contributed by atoms with E-state index in [4.69, 9.17) is 20.8 Å². The second-order valence-electron chi connectivity index (χ2n) is 8.06. The summed E-state index contributed by atoms with van der Waals surface area (Å²) < 4.78 is 10.7. The summed E-state index contributed by atoms with van der Waals surface area (Å²) in [5.41, 5.74) is 2.44. The van der Waals surface area contributed by atoms with Gasteiger partial charge in [0.15, 0.2) is 5.43 Å². The average Bonchev–Trinajstić information content (AvgIpc) is 3.15. The lowest BCUT2D eigenvalue weighted by Gasteiger charge is -2.25. The molecule has 0 bridgehead atoms. The largest absolute Gasteiger partial charge is 0.465 e. The number of hydrogen-bond acceptors (Lipinski definition) is 5. The summed E-state index contributed by atoms with van der Waals surface area (Å²) in [5.74, 6) is -0.771. The van der Waals surface area contributed by atoms with E-state index in [0.29, 0.717) is 40.1 Å². The molecule has 2 heterocycles. The topological polar surface area (TPSA) is 76.8 Å². The van der Waals surface area contributed by atoms with Crippen LogP contribution in [0, 0.1) is 0 Å². The van der Waals surface area contributed by atoms with Crippen LogP contribution in [0.2, 0.25) is 5.02 Å². The van der Waals surface area contributed by atoms with Gasteiger partial charge in [0.05, 0.1) is 29.7 Å². The second kappa shape index (κ2) is 8.80. The van der Waals surface area contributed by atoms with Gasteiger partial charge in [0, 0.05) is 11.6 Å². The molecule has 0 N–H and O–H groups in total. The lowest BCUT2D eigenvalue weighted by molar-refractivity contribution is 0.0600. The van der Waals surface area contributed by atoms with Crippen molar-refractivity contribution in [1.29, 1.82) is 0 Å². The van der Waals surface area contributed by atoms with Crippen LogP contribution in [-0.4, -0.2) is 30.4 Å². The fraction of sp³-hybridized carbons (Fsp3) is 0.148. The Labute approximate surface area is 200 Å². The van der Waals surface area contributed by atoms with E-state index in [9.17, 15) is 14.4 Å². The summed E-state index contributed by atoms with van der Waals surface area (Å²) >= 11 is 6.13. The molecule has 7 heteroatoms. The number of carbonyl (C=O) groups is 2. The Kier molecular flexibility index (Phi) is 5.67. The molecule has 4 aromatic rings. The lowest BCUT2D eigenvalue weighted by atomic mass is 9.97. The molecule has 0 radical (unpaired) electrons. The van der Waals surface area contributed by atoms with Gasteiger partial charge in [-0.2, -0.15) is 0 Å². The quantitative estimate of drug-likeness (QED) is 0.380. The summed E-state index contributed by atoms with van der Waals surface area (Å²) in [6.45, 7) is 0.382. The zero-order chi connectivity index (χ0) is 23.8. The van der Waals surface area contributed by atoms with Gasteiger partial charge in [0.2, 0.25) is 5.76 Å². The first kappa shape index (κ1) is 21.9. The molecule has 34 heavy (non-hydrogen) atoms. The van der Waals surface area contributed by atoms with Gasteiger partial charge in [-0.3, -0.25) is 9.59 Å². The van der Waals surface area contributed by atoms with Gasteiger partial charge in [0.25, 0.3) is 5.91 Å². The summed E-state index contributed by atoms with van der Waals surface area (Å²) in [6.07, 6.45) is 0.608. The fourth-order valence-corrected chi connectivity index (χ4v) is 4.56. The van der Waals surface area contributed by atoms with Gasteiger partial charge >= 0.3 is 5.97 Å². The van der Waals surface area contributed by atoms with E-state index in [-0.39, 0.29) is 22.7 Å². The number of fused-ring (bicyclic) bond motifs is 2. The van der Waals surface area contributed by atoms with Crippen molar-refractivity contribution >= 4 is 34.4 Å². The number of carbonyl (C=O) groups excluding carboxylic acids is 2. The zero-order valence-electron chi connectivity index (χ0n) is 18.3. The maximum atomic E-state index is 13.6. The van der Waals surface area contributed by atoms with E-state index in [1.807, 2.05) is 30.3 Å². The number of hydrogen-bond donors (Lipinski definition) is 0. The predicted molar refractivity (Wildman–Crippen MR) is 128 cm³/mol. The fourth-order valence-electron chi connectivity index (χ4n) is 4.38. The first-order chi connectivity index (χ1) is 16.5. The minimum absolute atomic E-state index is 0.0370. The van der Waals surface area contributed by atoms with Crippen molar-refractivity contribution in [2.45, 2.75) is 12.5 Å². The van der Waals surface area contributed by atoms with Crippen LogP contribution < -0.4 is 5.43 Å². The van der Waals surface area contributed by atoms with Gasteiger partial charge in [-0.25, -0.2) is 4.79 Å². The van der Waals surface area contributed by atoms with Crippen LogP contribution in [0.3, 0.4) is 0 Å². The number of halogens is 1. The standard InChI is InChI=1S/C27H20ClNO5/c1-33-27(32)18-9-7-17(8-10-18)23-22-24(30)20-15-19(28)11-12-21(20)34-25(22)26(31)29(23)14-13-16-5-3-2-4-6-16/h2-12,15,23H,13-14H2,1H3/t23-/m1/s1. The van der Waals surface area contributed by atoms with Crippen LogP contribution in [-0.2, 0) is 11.2 Å². The molecule has 0 fully saturated rings. The van der Waals surface area contributed by atoms with Crippen LogP contribution in [0.5, 0.6) is 0 Å². The molecule has 3 aromatic carbocycles. The van der Waals surface area contributed by atoms with Crippen LogP contribution in [0.4, 0.5) is 0 Å². The normalized spacial score (nSPS) is 14.9. The highest BCUT2D eigenvalue weighted by molar-refractivity contribution is 6.31. The van der Waals surface area contributed by atoms with Crippen molar-refractivity contribution in [3.05, 3.63) is 116 Å². The lowest BCUT2D eigenvalue weighted by Crippen LogP contribution is -2.31. The van der Waals surface area contributed by atoms with Gasteiger partial charge in [0.1, 0.15) is 5.58 Å². The molecule has 1 aliphatic rings. The Bertz CT molecular complexity index is 1460. The Balaban J connectivity index is 1.63. The Morgan fingerprint density at radius 1 is 1.03 bits per heavy atom. The van der Waals surface area contributed by atoms with E-state index in [1.54, 1.807) is 47.4 Å². The van der Waals surface area contributed by atoms with E-state index >= 15 is 0 Å². The molecule has 1 atom stereocenters. The molecule has 0 aliphatic carbocycles. The van der Waals surface area contributed by atoms with Crippen molar-refractivity contribution in [2.24, 2.45) is 0 Å². The van der Waals surface area contributed by atoms with Gasteiger partial charge in [-0.1, -0.05) is 54.1 Å². The minimum Gasteiger partial charge on any atom is -0.465 e. The number of benzene rings is 3. The Morgan fingerprint density at radius 2 is 1.76 bits per heavy atom. The third kappa shape index (κ3) is 3.76. The SMILES string of the molecule is COC(=O)c1ccc([C@@H]2c3c(oc4ccc(Cl)cc4c3=O)C(=O)N2CCc2ccccc2)cc1. The van der Waals surface area contributed by atoms with Crippen LogP contribution in [0.1, 0.15) is 43.6 Å². The van der Waals surface area contributed by atoms with E-state index in [1.165, 1.54) is 7.11 Å². The highest BCUT2D eigenvalue weighted by Crippen LogP contribution is 2.38. The van der Waals surface area contributed by atoms with E-state index in [2.05, 4.69) is 0 Å². The summed E-state index contributed by atoms with van der Waals surface area (Å²) in [6, 6.07) is 20.6. The van der Waals surface area contributed by atoms with E-state index < -0.39 is 12.0 Å². The molecule has 0 spiro atoms. The second-order valence-corrected chi connectivity index (χ2v) is 8.50. The average molecular weight is 474 g/mol. The molecule has 0 saturated carbocycles. The van der Waals surface area contributed by atoms with Crippen molar-refractivity contribution in [3.8, 4) is 0 Å². The van der Waals surface area contributed by atoms with Crippen molar-refractivity contribution in [2.75, 3.05) is 13.7 Å². The maximum absolute atomic E-state index is 13.6. The molecule has 1 aliphatic heterocycles. The third-order valence-corrected chi connectivity index (χ3v) is 6.29. The number of rotatable bonds is 5. The van der Waals surface area contributed by atoms with Crippen LogP contribution in [0.15, 0.2) is 82.0 Å². The maximum Gasteiger partial charge on any atom is 0.337 e. The van der Waals surface area contributed by atoms with Crippen molar-refractivity contribution < 1.29 is 18.7 Å². The molecule has 5 rings (SSSR count). The number of ether oxygens (including phenoxy) is 1. The summed E-state index contributed by atoms with van der Waals surface area (Å²) in [4.78, 5) is 40.6. The van der Waals surface area contributed by atoms with Gasteiger partial charge < -0.3 is 14.1 Å². The first-order valence-electron chi connectivity index (χ1n) is 10.8. The predicted octanol–water partition coefficient (Wildman–Crippen LogP) is 5.02. The smallest absolute Gasteiger partial charge is 0.337 e. The van der Waals surface area contributed by atoms with Crippen LogP contribution in [0.25, 0.3) is 11.0 Å². The van der Waals surface area contributed by atoms with Gasteiger partial charge in [-0.05, 0) is 47.9 Å². The molecule has 170 valence electrons. The Hall–Kier alpha value is -3.90. The third-order valence-electron chi connectivity index (χ3n) is 6.06. The molecule has 6 nitrogen and oxygen atoms in total. The number of methoxy groups -OCH3 is 1. The Morgan fingerprint density at radius 3 is 2.47 bits per heavy atom. The molecule has 0 saturated heterocycles. The van der Waals surface area contributed by atoms with Crippen molar-refractivity contribution in [3.63, 3.8) is 0 Å². The van der Waals surface area contributed by atoms with Crippen LogP contribution >= 0.6 is 11.6 Å². The molecule has 1 aromatic heterocycles. The molecule has 1 amide bonds. The molecule has 0 unspecified atom stereocenters.